The van der Waals surface area contributed by atoms with Crippen LogP contribution < -0.4 is 10.3 Å². The lowest BCUT2D eigenvalue weighted by Crippen LogP contribution is -2.32. The molecule has 0 radical (unpaired) electrons. The van der Waals surface area contributed by atoms with Crippen molar-refractivity contribution in [3.8, 4) is 17.0 Å². The Morgan fingerprint density at radius 1 is 1.44 bits per heavy atom. The quantitative estimate of drug-likeness (QED) is 0.459. The Hall–Kier alpha value is -0.695. The Bertz CT molecular complexity index is 552. The first-order valence-electron chi connectivity index (χ1n) is 4.98. The summed E-state index contributed by atoms with van der Waals surface area (Å²) in [7, 11) is -0.115. The minimum atomic E-state index is -1.61. The summed E-state index contributed by atoms with van der Waals surface area (Å²) in [6.07, 6.45) is 4.13. The molecule has 2 N–H and O–H groups in total. The molecule has 2 rings (SSSR count). The molecule has 0 aliphatic heterocycles. The molecule has 0 aliphatic carbocycles. The fourth-order valence-corrected chi connectivity index (χ4v) is 2.56. The summed E-state index contributed by atoms with van der Waals surface area (Å²) in [6, 6.07) is 3.28. The maximum Gasteiger partial charge on any atom is 0.508 e. The van der Waals surface area contributed by atoms with Gasteiger partial charge >= 0.3 is 7.12 Å². The first-order chi connectivity index (χ1) is 8.65. The lowest BCUT2D eigenvalue weighted by atomic mass is 9.85. The minimum absolute atomic E-state index is 0.152. The number of ether oxygens (including phenoxy) is 1. The third-order valence-electron chi connectivity index (χ3n) is 2.32. The molecule has 2 heterocycles. The predicted molar refractivity (Wildman–Crippen MR) is 79.6 cm³/mol. The average Bonchev–Trinajstić information content (AvgIpc) is 2.86. The van der Waals surface area contributed by atoms with E-state index in [4.69, 9.17) is 14.8 Å². The minimum Gasteiger partial charge on any atom is -0.481 e. The summed E-state index contributed by atoms with van der Waals surface area (Å²) in [6.45, 7) is 0. The molecule has 0 aromatic carbocycles. The van der Waals surface area contributed by atoms with Gasteiger partial charge in [0.25, 0.3) is 0 Å². The molecule has 0 saturated heterocycles. The Labute approximate surface area is 119 Å². The normalized spacial score (nSPS) is 11.1. The van der Waals surface area contributed by atoms with E-state index in [0.717, 1.165) is 11.1 Å². The highest BCUT2D eigenvalue weighted by Crippen LogP contribution is 2.30. The zero-order chi connectivity index (χ0) is 13.1. The van der Waals surface area contributed by atoms with Gasteiger partial charge in [-0.3, -0.25) is 0 Å². The third-order valence-corrected chi connectivity index (χ3v) is 4.22. The molecule has 0 spiro atoms. The van der Waals surface area contributed by atoms with Crippen molar-refractivity contribution >= 4 is 41.1 Å². The summed E-state index contributed by atoms with van der Waals surface area (Å²) in [5, 5.41) is 22.3. The van der Waals surface area contributed by atoms with Gasteiger partial charge in [0.2, 0.25) is 5.88 Å². The van der Waals surface area contributed by atoms with Crippen molar-refractivity contribution < 1.29 is 14.8 Å². The van der Waals surface area contributed by atoms with Gasteiger partial charge in [-0.2, -0.15) is 5.10 Å². The van der Waals surface area contributed by atoms with Crippen LogP contribution in [-0.2, 0) is 0 Å². The zero-order valence-corrected chi connectivity index (χ0v) is 12.6. The van der Waals surface area contributed by atoms with Crippen LogP contribution in [0.15, 0.2) is 24.5 Å². The van der Waals surface area contributed by atoms with Crippen LogP contribution >= 0.6 is 28.4 Å². The third kappa shape index (κ3) is 2.82. The van der Waals surface area contributed by atoms with Crippen molar-refractivity contribution in [2.75, 3.05) is 7.11 Å². The molecule has 9 heteroatoms. The second-order valence-corrected chi connectivity index (χ2v) is 5.50. The number of aromatic nitrogens is 3. The van der Waals surface area contributed by atoms with Gasteiger partial charge in [0, 0.05) is 17.3 Å². The largest absolute Gasteiger partial charge is 0.508 e. The lowest BCUT2D eigenvalue weighted by molar-refractivity contribution is 0.396. The molecule has 2 aromatic heterocycles. The molecule has 0 saturated carbocycles. The highest BCUT2D eigenvalue weighted by molar-refractivity contribution is 14.2. The zero-order valence-electron chi connectivity index (χ0n) is 9.41. The number of nitrogens with zero attached hydrogens (tertiary/aromatic N) is 3. The van der Waals surface area contributed by atoms with E-state index in [-0.39, 0.29) is 5.59 Å². The van der Waals surface area contributed by atoms with Crippen molar-refractivity contribution in [1.82, 2.24) is 14.5 Å². The molecule has 1 unspecified atom stereocenters. The van der Waals surface area contributed by atoms with Crippen LogP contribution in [0.2, 0.25) is 0 Å². The second-order valence-electron chi connectivity index (χ2n) is 3.42. The molecule has 0 fully saturated rings. The van der Waals surface area contributed by atoms with Crippen molar-refractivity contribution in [1.29, 1.82) is 0 Å². The van der Waals surface area contributed by atoms with Crippen molar-refractivity contribution in [3.63, 3.8) is 0 Å². The van der Waals surface area contributed by atoms with E-state index < -0.39 is 7.12 Å². The number of halogens is 1. The number of pyridine rings is 1. The van der Waals surface area contributed by atoms with Gasteiger partial charge in [-0.1, -0.05) is 0 Å². The van der Waals surface area contributed by atoms with Gasteiger partial charge in [-0.15, -0.1) is 0 Å². The first-order valence-corrected chi connectivity index (χ1v) is 9.04. The van der Waals surface area contributed by atoms with Gasteiger partial charge in [0.05, 0.1) is 25.3 Å². The van der Waals surface area contributed by atoms with E-state index in [9.17, 15) is 0 Å². The van der Waals surface area contributed by atoms with Crippen LogP contribution in [0, 0.1) is 0 Å². The van der Waals surface area contributed by atoms with Gasteiger partial charge < -0.3 is 14.8 Å². The Balaban J connectivity index is 2.44. The van der Waals surface area contributed by atoms with E-state index in [0.29, 0.717) is 12.3 Å². The summed E-state index contributed by atoms with van der Waals surface area (Å²) in [4.78, 5) is 4.04. The second kappa shape index (κ2) is 5.96. The molecule has 6 nitrogen and oxygen atoms in total. The van der Waals surface area contributed by atoms with Gasteiger partial charge in [-0.25, -0.2) is 9.44 Å². The fourth-order valence-electron chi connectivity index (χ4n) is 1.48. The number of rotatable bonds is 4. The van der Waals surface area contributed by atoms with Gasteiger partial charge in [0.15, 0.2) is 0 Å². The molecular formula is C9H10BIN3O3P. The molecule has 0 aliphatic rings. The van der Waals surface area contributed by atoms with E-state index in [1.807, 2.05) is 10.6 Å². The van der Waals surface area contributed by atoms with Crippen LogP contribution in [0.25, 0.3) is 11.1 Å². The molecule has 0 amide bonds. The highest BCUT2D eigenvalue weighted by atomic mass is 127. The van der Waals surface area contributed by atoms with E-state index in [1.54, 1.807) is 18.3 Å². The van der Waals surface area contributed by atoms with Crippen molar-refractivity contribution in [2.45, 2.75) is 0 Å². The molecule has 18 heavy (non-hydrogen) atoms. The summed E-state index contributed by atoms with van der Waals surface area (Å²) in [5.74, 6) is 0.344. The SMILES string of the molecule is COc1nc(B(O)O)ccc1-c1cnn(PI)c1. The Morgan fingerprint density at radius 2 is 2.22 bits per heavy atom. The topological polar surface area (TPSA) is 80.4 Å². The molecule has 2 aromatic rings. The number of hydrogen-bond acceptors (Lipinski definition) is 5. The average molecular weight is 377 g/mol. The van der Waals surface area contributed by atoms with Crippen LogP contribution in [0.1, 0.15) is 0 Å². The van der Waals surface area contributed by atoms with Gasteiger partial charge in [0.1, 0.15) is 0 Å². The van der Waals surface area contributed by atoms with Crippen LogP contribution in [-0.4, -0.2) is 38.8 Å². The lowest BCUT2D eigenvalue weighted by Gasteiger charge is -2.07. The van der Waals surface area contributed by atoms with E-state index >= 15 is 0 Å². The highest BCUT2D eigenvalue weighted by Gasteiger charge is 2.17. The summed E-state index contributed by atoms with van der Waals surface area (Å²) < 4.78 is 6.97. The standard InChI is InChI=1S/C9H10BIN3O3P/c1-17-9-7(2-3-8(13-9)10(15)16)6-4-12-14(5-6)18-11/h2-5,15-16,18H,1H3. The monoisotopic (exact) mass is 377 g/mol. The fraction of sp³-hybridized carbons (Fsp3) is 0.111. The molecular weight excluding hydrogens is 367 g/mol. The number of hydrogen-bond donors (Lipinski definition) is 2. The Morgan fingerprint density at radius 3 is 2.78 bits per heavy atom. The van der Waals surface area contributed by atoms with E-state index in [1.165, 1.54) is 7.11 Å². The number of methoxy groups -OCH3 is 1. The maximum absolute atomic E-state index is 9.07. The predicted octanol–water partition coefficient (Wildman–Crippen LogP) is 0.425. The molecule has 94 valence electrons. The summed E-state index contributed by atoms with van der Waals surface area (Å²) >= 11 is 2.23. The first kappa shape index (κ1) is 13.7. The van der Waals surface area contributed by atoms with Crippen LogP contribution in [0.4, 0.5) is 0 Å². The van der Waals surface area contributed by atoms with Gasteiger partial charge in [-0.05, 0) is 34.2 Å². The van der Waals surface area contributed by atoms with Crippen LogP contribution in [0.5, 0.6) is 5.88 Å². The Kier molecular flexibility index (Phi) is 4.55. The smallest absolute Gasteiger partial charge is 0.481 e. The molecule has 1 atom stereocenters. The maximum atomic E-state index is 9.07. The van der Waals surface area contributed by atoms with Crippen LogP contribution in [0.3, 0.4) is 0 Å². The summed E-state index contributed by atoms with van der Waals surface area (Å²) in [5.41, 5.74) is 1.80. The van der Waals surface area contributed by atoms with Crippen molar-refractivity contribution in [2.24, 2.45) is 0 Å². The van der Waals surface area contributed by atoms with E-state index in [2.05, 4.69) is 32.1 Å². The molecule has 0 bridgehead atoms. The van der Waals surface area contributed by atoms with Crippen molar-refractivity contribution in [3.05, 3.63) is 24.5 Å².